The molecule has 0 saturated heterocycles. The zero-order valence-electron chi connectivity index (χ0n) is 65.0. The summed E-state index contributed by atoms with van der Waals surface area (Å²) in [4.78, 5) is 6.66. The SMILES string of the molecule is CC.CC.CC.CC.CC(C)C12CC3CC(CC(C)(C3)C1)C2.CC(C)C12CC3CC(CC(C3)C1)C2.CC(C)C12CC3CC(CC1C3)C2.CC(C)c1c[nH]c2ccccc12.CC(C)c1cc2ccccc2[nH]1.CC(C)c1cc2ccccc2o1.CC(C)c1coc2ccccc12. The van der Waals surface area contributed by atoms with Crippen LogP contribution in [-0.4, -0.2) is 9.97 Å². The van der Waals surface area contributed by atoms with E-state index in [4.69, 9.17) is 8.83 Å². The highest BCUT2D eigenvalue weighted by Gasteiger charge is 2.59. The largest absolute Gasteiger partial charge is 0.464 e. The molecule has 526 valence electrons. The van der Waals surface area contributed by atoms with Crippen LogP contribution in [0.3, 0.4) is 0 Å². The van der Waals surface area contributed by atoms with E-state index in [0.29, 0.717) is 23.7 Å². The van der Waals surface area contributed by atoms with E-state index in [0.717, 1.165) is 104 Å². The number of aromatic nitrogens is 2. The molecule has 0 amide bonds. The van der Waals surface area contributed by atoms with Crippen molar-refractivity contribution in [1.82, 2.24) is 9.97 Å². The van der Waals surface area contributed by atoms with Gasteiger partial charge in [-0.1, -0.05) is 232 Å². The molecule has 95 heavy (non-hydrogen) atoms. The maximum atomic E-state index is 5.63. The number of aromatic amines is 2. The third-order valence-electron chi connectivity index (χ3n) is 24.7. The maximum Gasteiger partial charge on any atom is 0.134 e. The van der Waals surface area contributed by atoms with Crippen LogP contribution in [0.1, 0.15) is 315 Å². The maximum absolute atomic E-state index is 5.63. The normalized spacial score (nSPS) is 28.5. The Morgan fingerprint density at radius 1 is 0.400 bits per heavy atom. The number of fused-ring (bicyclic) bond motifs is 4. The Balaban J connectivity index is 0.000000154. The van der Waals surface area contributed by atoms with Crippen LogP contribution in [0.5, 0.6) is 0 Å². The highest BCUT2D eigenvalue weighted by atomic mass is 16.3. The summed E-state index contributed by atoms with van der Waals surface area (Å²) in [6, 6.07) is 37.4. The van der Waals surface area contributed by atoms with E-state index in [2.05, 4.69) is 193 Å². The quantitative estimate of drug-likeness (QED) is 0.167. The first kappa shape index (κ1) is 77.4. The molecule has 4 heterocycles. The number of para-hydroxylation sites is 4. The molecule has 12 fully saturated rings. The number of furan rings is 2. The van der Waals surface area contributed by atoms with Gasteiger partial charge in [-0.25, -0.2) is 0 Å². The second-order valence-corrected chi connectivity index (χ2v) is 33.2. The lowest BCUT2D eigenvalue weighted by molar-refractivity contribution is -0.122. The molecule has 12 aliphatic rings. The molecule has 20 rings (SSSR count). The van der Waals surface area contributed by atoms with Crippen LogP contribution in [0.15, 0.2) is 130 Å². The van der Waals surface area contributed by atoms with Crippen molar-refractivity contribution in [3.05, 3.63) is 144 Å². The van der Waals surface area contributed by atoms with Gasteiger partial charge in [0.2, 0.25) is 0 Å². The molecule has 8 aromatic rings. The van der Waals surface area contributed by atoms with Crippen LogP contribution >= 0.6 is 0 Å². The Hall–Kier alpha value is -4.96. The van der Waals surface area contributed by atoms with Gasteiger partial charge >= 0.3 is 0 Å². The van der Waals surface area contributed by atoms with Gasteiger partial charge in [0.15, 0.2) is 0 Å². The van der Waals surface area contributed by atoms with Crippen molar-refractivity contribution in [2.75, 3.05) is 0 Å². The van der Waals surface area contributed by atoms with Crippen LogP contribution in [-0.2, 0) is 0 Å². The first-order chi connectivity index (χ1) is 45.5. The lowest BCUT2D eigenvalue weighted by atomic mass is 9.42. The molecule has 4 aromatic heterocycles. The Labute approximate surface area is 582 Å². The van der Waals surface area contributed by atoms with E-state index in [1.165, 1.54) is 49.4 Å². The summed E-state index contributed by atoms with van der Waals surface area (Å²) in [5, 5.41) is 5.10. The van der Waals surface area contributed by atoms with Crippen LogP contribution in [0, 0.1) is 86.8 Å². The second-order valence-electron chi connectivity index (χ2n) is 33.2. The van der Waals surface area contributed by atoms with E-state index in [1.54, 1.807) is 109 Å². The first-order valence-corrected chi connectivity index (χ1v) is 39.6. The number of hydrogen-bond acceptors (Lipinski definition) is 2. The van der Waals surface area contributed by atoms with E-state index >= 15 is 0 Å². The molecular weight excluding hydrogens is 1150 g/mol. The monoisotopic (exact) mass is 1290 g/mol. The van der Waals surface area contributed by atoms with Crippen molar-refractivity contribution in [1.29, 1.82) is 0 Å². The fraction of sp³-hybridized carbons (Fsp3) is 0.648. The van der Waals surface area contributed by atoms with Gasteiger partial charge < -0.3 is 18.8 Å². The number of H-pyrrole nitrogens is 2. The molecule has 4 atom stereocenters. The molecule has 12 saturated carbocycles. The number of nitrogens with one attached hydrogen (secondary N) is 2. The average Bonchev–Trinajstić information content (AvgIpc) is 0.994. The van der Waals surface area contributed by atoms with Gasteiger partial charge in [-0.2, -0.15) is 0 Å². The Bertz CT molecular complexity index is 3190. The van der Waals surface area contributed by atoms with Crippen molar-refractivity contribution in [2.24, 2.45) is 86.8 Å². The lowest BCUT2D eigenvalue weighted by Crippen LogP contribution is -2.52. The zero-order chi connectivity index (χ0) is 69.6. The summed E-state index contributed by atoms with van der Waals surface area (Å²) < 4.78 is 11.0. The van der Waals surface area contributed by atoms with Gasteiger partial charge in [-0.15, -0.1) is 0 Å². The first-order valence-electron chi connectivity index (χ1n) is 39.6. The summed E-state index contributed by atoms with van der Waals surface area (Å²) in [7, 11) is 0. The third-order valence-corrected chi connectivity index (χ3v) is 24.7. The summed E-state index contributed by atoms with van der Waals surface area (Å²) in [5.41, 5.74) is 11.6. The van der Waals surface area contributed by atoms with Crippen molar-refractivity contribution >= 4 is 43.7 Å². The molecule has 2 N–H and O–H groups in total. The van der Waals surface area contributed by atoms with Crippen LogP contribution in [0.4, 0.5) is 0 Å². The minimum Gasteiger partial charge on any atom is -0.464 e. The predicted molar refractivity (Wildman–Crippen MR) is 417 cm³/mol. The minimum atomic E-state index is 0.470. The van der Waals surface area contributed by atoms with Crippen LogP contribution < -0.4 is 0 Å². The zero-order valence-corrected chi connectivity index (χ0v) is 65.0. The molecule has 4 aromatic carbocycles. The summed E-state index contributed by atoms with van der Waals surface area (Å²) in [5.74, 6) is 15.1. The molecule has 12 bridgehead atoms. The smallest absolute Gasteiger partial charge is 0.134 e. The fourth-order valence-electron chi connectivity index (χ4n) is 20.9. The van der Waals surface area contributed by atoms with E-state index in [9.17, 15) is 0 Å². The van der Waals surface area contributed by atoms with Crippen molar-refractivity contribution < 1.29 is 8.83 Å². The average molecular weight is 1290 g/mol. The molecular formula is C91H140N2O2. The molecule has 4 nitrogen and oxygen atoms in total. The number of rotatable bonds is 7. The van der Waals surface area contributed by atoms with Crippen LogP contribution in [0.2, 0.25) is 0 Å². The number of hydrogen-bond donors (Lipinski definition) is 2. The summed E-state index contributed by atoms with van der Waals surface area (Å²) in [6.07, 6.45) is 30.8. The van der Waals surface area contributed by atoms with E-state index < -0.39 is 0 Å². The fourth-order valence-corrected chi connectivity index (χ4v) is 20.9. The van der Waals surface area contributed by atoms with E-state index in [1.807, 2.05) is 98.1 Å². The topological polar surface area (TPSA) is 57.9 Å². The number of benzene rings is 4. The van der Waals surface area contributed by atoms with Crippen molar-refractivity contribution in [3.63, 3.8) is 0 Å². The molecule has 0 spiro atoms. The highest BCUT2D eigenvalue weighted by molar-refractivity contribution is 5.84. The Morgan fingerprint density at radius 3 is 1.32 bits per heavy atom. The van der Waals surface area contributed by atoms with Crippen molar-refractivity contribution in [2.45, 2.75) is 292 Å². The summed E-state index contributed by atoms with van der Waals surface area (Å²) >= 11 is 0. The minimum absolute atomic E-state index is 0.470. The molecule has 4 heteroatoms. The van der Waals surface area contributed by atoms with Gasteiger partial charge in [0, 0.05) is 50.6 Å². The molecule has 0 radical (unpaired) electrons. The molecule has 12 aliphatic carbocycles. The standard InChI is InChI=1S/C14H24.C13H22.C12H20.2C11H13N.2C11H12O.4C2H6/c1-10(2)14-7-11-4-12(8-14)6-13(3,5-11)9-14;1-9(2)13-6-10-3-11(7-13)5-12(4-10)8-13;1-8(2)12-6-9-3-10(7-12)5-11(12)4-9;1-8(2)10-7-12-11-6-4-3-5-9(10)11;1-8(2)11-7-9-5-3-4-6-10(9)12-11;1-8(2)10-7-12-11-6-4-3-5-9(10)11;1-8(2)11-7-9-5-3-4-6-10(9)12-11;4*1-2/h10-12H,4-9H2,1-3H3;9-12H,3-8H2,1-2H3;8-11H,3-7H2,1-2H3;2*3-8,12H,1-2H3;2*3-8H,1-2H3;4*1-2H3. The van der Waals surface area contributed by atoms with Crippen molar-refractivity contribution in [3.8, 4) is 0 Å². The lowest BCUT2D eigenvalue weighted by Gasteiger charge is -2.63. The predicted octanol–water partition coefficient (Wildman–Crippen LogP) is 29.4. The van der Waals surface area contributed by atoms with Gasteiger partial charge in [0.05, 0.1) is 6.26 Å². The highest BCUT2D eigenvalue weighted by Crippen LogP contribution is 2.69. The van der Waals surface area contributed by atoms with E-state index in [-0.39, 0.29) is 0 Å². The van der Waals surface area contributed by atoms with Gasteiger partial charge in [-0.3, -0.25) is 0 Å². The molecule has 0 aliphatic heterocycles. The van der Waals surface area contributed by atoms with Gasteiger partial charge in [-0.05, 0) is 261 Å². The van der Waals surface area contributed by atoms with Gasteiger partial charge in [0.1, 0.15) is 16.9 Å². The Morgan fingerprint density at radius 2 is 0.853 bits per heavy atom. The molecule has 4 unspecified atom stereocenters. The second kappa shape index (κ2) is 34.7. The third kappa shape index (κ3) is 18.3. The van der Waals surface area contributed by atoms with Crippen LogP contribution in [0.25, 0.3) is 43.7 Å². The summed E-state index contributed by atoms with van der Waals surface area (Å²) in [6.45, 7) is 50.8. The Kier molecular flexibility index (Phi) is 28.3. The van der Waals surface area contributed by atoms with Gasteiger partial charge in [0.25, 0.3) is 0 Å².